The summed E-state index contributed by atoms with van der Waals surface area (Å²) in [5.74, 6) is 1.91. The third-order valence-corrected chi connectivity index (χ3v) is 7.15. The molecule has 1 nitrogen and oxygen atoms in total. The quantitative estimate of drug-likeness (QED) is 0.659. The molecule has 0 aromatic heterocycles. The zero-order chi connectivity index (χ0) is 12.1. The van der Waals surface area contributed by atoms with Crippen LogP contribution in [0.15, 0.2) is 0 Å². The number of hydrogen-bond donors (Lipinski definition) is 0. The Bertz CT molecular complexity index is 394. The minimum atomic E-state index is -0.0797. The van der Waals surface area contributed by atoms with Crippen molar-refractivity contribution in [2.24, 2.45) is 33.5 Å². The van der Waals surface area contributed by atoms with Gasteiger partial charge in [-0.1, -0.05) is 41.5 Å². The van der Waals surface area contributed by atoms with Crippen molar-refractivity contribution in [1.82, 2.24) is 0 Å². The molecule has 0 aromatic carbocycles. The molecule has 1 heteroatoms. The first-order valence-corrected chi connectivity index (χ1v) is 6.72. The van der Waals surface area contributed by atoms with E-state index in [4.69, 9.17) is 0 Å². The second-order valence-electron chi connectivity index (χ2n) is 7.66. The summed E-state index contributed by atoms with van der Waals surface area (Å²) >= 11 is 0. The van der Waals surface area contributed by atoms with Gasteiger partial charge in [0.15, 0.2) is 0 Å². The monoisotopic (exact) mass is 220 g/mol. The molecule has 0 aromatic rings. The Balaban J connectivity index is 2.19. The molecule has 3 rings (SSSR count). The lowest BCUT2D eigenvalue weighted by atomic mass is 9.47. The Labute approximate surface area is 99.0 Å². The van der Waals surface area contributed by atoms with Crippen LogP contribution in [0.3, 0.4) is 0 Å². The Morgan fingerprint density at radius 3 is 2.12 bits per heavy atom. The van der Waals surface area contributed by atoms with Crippen molar-refractivity contribution < 1.29 is 4.79 Å². The van der Waals surface area contributed by atoms with E-state index in [0.29, 0.717) is 27.9 Å². The zero-order valence-corrected chi connectivity index (χ0v) is 11.5. The van der Waals surface area contributed by atoms with Crippen LogP contribution < -0.4 is 0 Å². The summed E-state index contributed by atoms with van der Waals surface area (Å²) in [6.45, 7) is 13.9. The van der Waals surface area contributed by atoms with Gasteiger partial charge >= 0.3 is 0 Å². The average Bonchev–Trinajstić information content (AvgIpc) is 2.46. The summed E-state index contributed by atoms with van der Waals surface area (Å²) in [7, 11) is 0. The SMILES string of the molecule is CC(C)C12CC(=O)C(C)(C)C13C(C)C3(C)C2. The van der Waals surface area contributed by atoms with Gasteiger partial charge in [0.25, 0.3) is 0 Å². The molecule has 1 spiro atoms. The summed E-state index contributed by atoms with van der Waals surface area (Å²) in [5.41, 5.74) is 1.05. The Morgan fingerprint density at radius 2 is 1.81 bits per heavy atom. The predicted octanol–water partition coefficient (Wildman–Crippen LogP) is 3.67. The van der Waals surface area contributed by atoms with Gasteiger partial charge < -0.3 is 0 Å². The molecule has 3 aliphatic carbocycles. The molecule has 3 fully saturated rings. The molecule has 90 valence electrons. The summed E-state index contributed by atoms with van der Waals surface area (Å²) in [6.07, 6.45) is 2.13. The fraction of sp³-hybridized carbons (Fsp3) is 0.933. The molecular formula is C15H24O. The van der Waals surface area contributed by atoms with Crippen molar-refractivity contribution in [3.63, 3.8) is 0 Å². The van der Waals surface area contributed by atoms with Gasteiger partial charge in [-0.3, -0.25) is 4.79 Å². The Kier molecular flexibility index (Phi) is 1.54. The fourth-order valence-corrected chi connectivity index (χ4v) is 6.57. The van der Waals surface area contributed by atoms with Gasteiger partial charge in [0.2, 0.25) is 0 Å². The zero-order valence-electron chi connectivity index (χ0n) is 11.5. The topological polar surface area (TPSA) is 17.1 Å². The van der Waals surface area contributed by atoms with Crippen LogP contribution in [0.5, 0.6) is 0 Å². The van der Waals surface area contributed by atoms with Crippen LogP contribution in [-0.4, -0.2) is 5.78 Å². The first-order chi connectivity index (χ1) is 7.18. The van der Waals surface area contributed by atoms with Crippen LogP contribution in [0.25, 0.3) is 0 Å². The van der Waals surface area contributed by atoms with E-state index in [1.54, 1.807) is 0 Å². The van der Waals surface area contributed by atoms with E-state index in [1.807, 2.05) is 0 Å². The molecule has 16 heavy (non-hydrogen) atoms. The highest BCUT2D eigenvalue weighted by atomic mass is 16.1. The van der Waals surface area contributed by atoms with Gasteiger partial charge in [-0.2, -0.15) is 0 Å². The van der Waals surface area contributed by atoms with Crippen LogP contribution in [-0.2, 0) is 4.79 Å². The highest BCUT2D eigenvalue weighted by Crippen LogP contribution is 2.98. The first-order valence-electron chi connectivity index (χ1n) is 6.72. The van der Waals surface area contributed by atoms with Crippen molar-refractivity contribution in [3.05, 3.63) is 0 Å². The van der Waals surface area contributed by atoms with Crippen LogP contribution in [0.1, 0.15) is 54.4 Å². The summed E-state index contributed by atoms with van der Waals surface area (Å²) in [5, 5.41) is 0. The van der Waals surface area contributed by atoms with Gasteiger partial charge in [-0.25, -0.2) is 0 Å². The van der Waals surface area contributed by atoms with Crippen LogP contribution >= 0.6 is 0 Å². The summed E-state index contributed by atoms with van der Waals surface area (Å²) in [6, 6.07) is 0. The molecule has 0 radical (unpaired) electrons. The minimum Gasteiger partial charge on any atom is -0.299 e. The van der Waals surface area contributed by atoms with Crippen molar-refractivity contribution in [1.29, 1.82) is 0 Å². The largest absolute Gasteiger partial charge is 0.299 e. The molecule has 0 amide bonds. The van der Waals surface area contributed by atoms with Crippen LogP contribution in [0.2, 0.25) is 0 Å². The normalized spacial score (nSPS) is 56.9. The second-order valence-corrected chi connectivity index (χ2v) is 7.66. The van der Waals surface area contributed by atoms with Gasteiger partial charge in [-0.05, 0) is 34.5 Å². The third kappa shape index (κ3) is 0.616. The van der Waals surface area contributed by atoms with E-state index in [2.05, 4.69) is 41.5 Å². The number of rotatable bonds is 1. The molecule has 0 heterocycles. The van der Waals surface area contributed by atoms with Crippen LogP contribution in [0, 0.1) is 33.5 Å². The Morgan fingerprint density at radius 1 is 1.25 bits per heavy atom. The molecule has 4 unspecified atom stereocenters. The number of carbonyl (C=O) groups is 1. The maximum Gasteiger partial charge on any atom is 0.139 e. The van der Waals surface area contributed by atoms with Gasteiger partial charge in [0.1, 0.15) is 5.78 Å². The van der Waals surface area contributed by atoms with Gasteiger partial charge in [0.05, 0.1) is 0 Å². The molecular weight excluding hydrogens is 196 g/mol. The molecule has 3 saturated carbocycles. The highest BCUT2D eigenvalue weighted by Gasteiger charge is 2.95. The van der Waals surface area contributed by atoms with E-state index < -0.39 is 0 Å². The van der Waals surface area contributed by atoms with E-state index in [1.165, 1.54) is 6.42 Å². The smallest absolute Gasteiger partial charge is 0.139 e. The lowest BCUT2D eigenvalue weighted by molar-refractivity contribution is -0.128. The number of ketones is 1. The van der Waals surface area contributed by atoms with E-state index in [0.717, 1.165) is 12.3 Å². The van der Waals surface area contributed by atoms with E-state index in [-0.39, 0.29) is 5.41 Å². The average molecular weight is 220 g/mol. The minimum absolute atomic E-state index is 0.0797. The van der Waals surface area contributed by atoms with Crippen molar-refractivity contribution in [2.75, 3.05) is 0 Å². The van der Waals surface area contributed by atoms with Gasteiger partial charge in [0, 0.05) is 11.8 Å². The molecule has 0 saturated heterocycles. The maximum absolute atomic E-state index is 12.4. The standard InChI is InChI=1S/C15H24O/c1-9(2)14-7-11(16)12(4,5)15(14)10(3)13(15,6)8-14/h9-10H,7-8H2,1-6H3. The fourth-order valence-electron chi connectivity index (χ4n) is 6.57. The van der Waals surface area contributed by atoms with Crippen molar-refractivity contribution in [2.45, 2.75) is 54.4 Å². The van der Waals surface area contributed by atoms with Gasteiger partial charge in [-0.15, -0.1) is 0 Å². The number of hydrogen-bond acceptors (Lipinski definition) is 1. The maximum atomic E-state index is 12.4. The third-order valence-electron chi connectivity index (χ3n) is 7.15. The second kappa shape index (κ2) is 2.28. The molecule has 4 atom stereocenters. The van der Waals surface area contributed by atoms with E-state index >= 15 is 0 Å². The predicted molar refractivity (Wildman–Crippen MR) is 65.0 cm³/mol. The molecule has 0 aliphatic heterocycles. The summed E-state index contributed by atoms with van der Waals surface area (Å²) in [4.78, 5) is 12.4. The van der Waals surface area contributed by atoms with Crippen molar-refractivity contribution >= 4 is 5.78 Å². The van der Waals surface area contributed by atoms with Crippen molar-refractivity contribution in [3.8, 4) is 0 Å². The molecule has 0 N–H and O–H groups in total. The lowest BCUT2D eigenvalue weighted by Crippen LogP contribution is -2.51. The highest BCUT2D eigenvalue weighted by molar-refractivity contribution is 5.91. The number of Topliss-reactive ketones (excluding diaryl/α,β-unsaturated/α-hetero) is 1. The molecule has 0 bridgehead atoms. The first kappa shape index (κ1) is 10.8. The van der Waals surface area contributed by atoms with E-state index in [9.17, 15) is 4.79 Å². The summed E-state index contributed by atoms with van der Waals surface area (Å²) < 4.78 is 0. The van der Waals surface area contributed by atoms with Crippen LogP contribution in [0.4, 0.5) is 0 Å². The Hall–Kier alpha value is -0.330. The number of carbonyl (C=O) groups excluding carboxylic acids is 1. The lowest BCUT2D eigenvalue weighted by Gasteiger charge is -2.56. The molecule has 3 aliphatic rings.